The fourth-order valence-corrected chi connectivity index (χ4v) is 3.55. The number of benzene rings is 1. The van der Waals surface area contributed by atoms with E-state index in [1.165, 1.54) is 0 Å². The Morgan fingerprint density at radius 1 is 1.24 bits per heavy atom. The number of aromatic nitrogens is 2. The molecule has 2 N–H and O–H groups in total. The molecule has 0 aliphatic rings. The molecule has 0 amide bonds. The number of carbonyl (C=O) groups is 1. The third-order valence-corrected chi connectivity index (χ3v) is 4.53. The molecule has 130 valence electrons. The number of nitrogens with zero attached hydrogens (tertiary/aromatic N) is 3. The Labute approximate surface area is 150 Å². The van der Waals surface area contributed by atoms with Crippen LogP contribution in [0.2, 0.25) is 0 Å². The number of fused-ring (bicyclic) bond motifs is 1. The van der Waals surface area contributed by atoms with Gasteiger partial charge in [-0.3, -0.25) is 4.79 Å². The van der Waals surface area contributed by atoms with Crippen LogP contribution in [0.15, 0.2) is 35.7 Å². The molecule has 0 atom stereocenters. The molecule has 0 spiro atoms. The highest BCUT2D eigenvalue weighted by Gasteiger charge is 2.15. The van der Waals surface area contributed by atoms with Gasteiger partial charge in [-0.05, 0) is 19.7 Å². The summed E-state index contributed by atoms with van der Waals surface area (Å²) in [5, 5.41) is 15.1. The van der Waals surface area contributed by atoms with E-state index >= 15 is 0 Å². The molecule has 0 aliphatic carbocycles. The Bertz CT molecular complexity index is 877. The molecule has 2 aromatic heterocycles. The van der Waals surface area contributed by atoms with Crippen molar-refractivity contribution in [1.29, 1.82) is 0 Å². The van der Waals surface area contributed by atoms with Gasteiger partial charge in [0.2, 0.25) is 0 Å². The van der Waals surface area contributed by atoms with Crippen molar-refractivity contribution in [3.8, 4) is 11.1 Å². The largest absolute Gasteiger partial charge is 0.481 e. The van der Waals surface area contributed by atoms with Gasteiger partial charge in [-0.1, -0.05) is 30.3 Å². The number of hydrogen-bond donors (Lipinski definition) is 2. The summed E-state index contributed by atoms with van der Waals surface area (Å²) in [5.74, 6) is 0.583. The molecule has 3 aromatic rings. The average Bonchev–Trinajstić information content (AvgIpc) is 2.98. The van der Waals surface area contributed by atoms with E-state index in [0.29, 0.717) is 18.9 Å². The highest BCUT2D eigenvalue weighted by atomic mass is 32.1. The first-order valence-corrected chi connectivity index (χ1v) is 8.86. The van der Waals surface area contributed by atoms with Crippen molar-refractivity contribution in [3.63, 3.8) is 0 Å². The monoisotopic (exact) mass is 356 g/mol. The maximum Gasteiger partial charge on any atom is 0.305 e. The van der Waals surface area contributed by atoms with Crippen LogP contribution in [-0.4, -0.2) is 46.6 Å². The van der Waals surface area contributed by atoms with Crippen molar-refractivity contribution in [2.45, 2.75) is 13.0 Å². The second-order valence-electron chi connectivity index (χ2n) is 5.99. The maximum atomic E-state index is 10.8. The summed E-state index contributed by atoms with van der Waals surface area (Å²) in [4.78, 5) is 23.1. The average molecular weight is 356 g/mol. The van der Waals surface area contributed by atoms with Crippen LogP contribution in [0.5, 0.6) is 0 Å². The predicted octanol–water partition coefficient (Wildman–Crippen LogP) is 3.31. The van der Waals surface area contributed by atoms with Gasteiger partial charge < -0.3 is 15.3 Å². The van der Waals surface area contributed by atoms with E-state index in [1.807, 2.05) is 37.2 Å². The van der Waals surface area contributed by atoms with E-state index in [2.05, 4.69) is 32.8 Å². The standard InChI is InChI=1S/C18H20N4O2S/c1-22(2)10-14-20-17(19-9-8-15(23)24)16-13(11-25-18(16)21-14)12-6-4-3-5-7-12/h3-7,11H,8-10H2,1-2H3,(H,23,24)(H,19,20,21). The number of nitrogens with one attached hydrogen (secondary N) is 1. The first-order chi connectivity index (χ1) is 12.0. The van der Waals surface area contributed by atoms with Crippen molar-refractivity contribution >= 4 is 33.3 Å². The third-order valence-electron chi connectivity index (χ3n) is 3.65. The Morgan fingerprint density at radius 3 is 2.68 bits per heavy atom. The smallest absolute Gasteiger partial charge is 0.305 e. The first kappa shape index (κ1) is 17.3. The summed E-state index contributed by atoms with van der Waals surface area (Å²) in [5.41, 5.74) is 2.16. The molecule has 3 rings (SSSR count). The Balaban J connectivity index is 2.06. The summed E-state index contributed by atoms with van der Waals surface area (Å²) < 4.78 is 0. The topological polar surface area (TPSA) is 78.4 Å². The molecule has 0 fully saturated rings. The molecule has 2 heterocycles. The van der Waals surface area contributed by atoms with Gasteiger partial charge in [-0.2, -0.15) is 0 Å². The molecule has 0 saturated heterocycles. The molecule has 0 radical (unpaired) electrons. The minimum absolute atomic E-state index is 0.0410. The molecule has 25 heavy (non-hydrogen) atoms. The van der Waals surface area contributed by atoms with Gasteiger partial charge in [-0.25, -0.2) is 9.97 Å². The van der Waals surface area contributed by atoms with Crippen LogP contribution in [0.4, 0.5) is 5.82 Å². The number of carboxylic acid groups (broad SMARTS) is 1. The fraction of sp³-hybridized carbons (Fsp3) is 0.278. The number of carboxylic acids is 1. The molecule has 0 aliphatic heterocycles. The lowest BCUT2D eigenvalue weighted by atomic mass is 10.1. The van der Waals surface area contributed by atoms with Crippen molar-refractivity contribution in [3.05, 3.63) is 41.5 Å². The highest BCUT2D eigenvalue weighted by Crippen LogP contribution is 2.36. The van der Waals surface area contributed by atoms with Crippen molar-refractivity contribution < 1.29 is 9.90 Å². The Hall–Kier alpha value is -2.51. The van der Waals surface area contributed by atoms with Gasteiger partial charge in [0.15, 0.2) is 0 Å². The van der Waals surface area contributed by atoms with Crippen LogP contribution in [0.25, 0.3) is 21.3 Å². The molecule has 0 unspecified atom stereocenters. The van der Waals surface area contributed by atoms with Crippen LogP contribution < -0.4 is 5.32 Å². The van der Waals surface area contributed by atoms with Gasteiger partial charge in [0.05, 0.1) is 18.4 Å². The van der Waals surface area contributed by atoms with Crippen molar-refractivity contribution in [1.82, 2.24) is 14.9 Å². The van der Waals surface area contributed by atoms with Crippen LogP contribution in [0.3, 0.4) is 0 Å². The van der Waals surface area contributed by atoms with Gasteiger partial charge in [0.25, 0.3) is 0 Å². The van der Waals surface area contributed by atoms with Crippen LogP contribution in [-0.2, 0) is 11.3 Å². The Kier molecular flexibility index (Phi) is 5.25. The second-order valence-corrected chi connectivity index (χ2v) is 6.85. The molecule has 6 nitrogen and oxygen atoms in total. The zero-order valence-corrected chi connectivity index (χ0v) is 15.0. The summed E-state index contributed by atoms with van der Waals surface area (Å²) in [6.07, 6.45) is 0.0410. The number of rotatable bonds is 7. The van der Waals surface area contributed by atoms with E-state index in [4.69, 9.17) is 5.11 Å². The molecule has 1 aromatic carbocycles. The van der Waals surface area contributed by atoms with Gasteiger partial charge in [-0.15, -0.1) is 11.3 Å². The fourth-order valence-electron chi connectivity index (χ4n) is 2.59. The second kappa shape index (κ2) is 7.58. The van der Waals surface area contributed by atoms with E-state index < -0.39 is 5.97 Å². The number of hydrogen-bond acceptors (Lipinski definition) is 6. The van der Waals surface area contributed by atoms with E-state index in [9.17, 15) is 4.79 Å². The number of anilines is 1. The lowest BCUT2D eigenvalue weighted by Crippen LogP contribution is -2.15. The quantitative estimate of drug-likeness (QED) is 0.676. The summed E-state index contributed by atoms with van der Waals surface area (Å²) in [6.45, 7) is 0.953. The van der Waals surface area contributed by atoms with E-state index in [-0.39, 0.29) is 6.42 Å². The maximum absolute atomic E-state index is 10.8. The van der Waals surface area contributed by atoms with Crippen LogP contribution in [0, 0.1) is 0 Å². The zero-order chi connectivity index (χ0) is 17.8. The van der Waals surface area contributed by atoms with Crippen LogP contribution >= 0.6 is 11.3 Å². The predicted molar refractivity (Wildman–Crippen MR) is 101 cm³/mol. The highest BCUT2D eigenvalue weighted by molar-refractivity contribution is 7.17. The minimum Gasteiger partial charge on any atom is -0.481 e. The van der Waals surface area contributed by atoms with E-state index in [0.717, 1.165) is 27.2 Å². The summed E-state index contributed by atoms with van der Waals surface area (Å²) >= 11 is 1.58. The minimum atomic E-state index is -0.833. The SMILES string of the molecule is CN(C)Cc1nc(NCCC(=O)O)c2c(-c3ccccc3)csc2n1. The molecular formula is C18H20N4O2S. The summed E-state index contributed by atoms with van der Waals surface area (Å²) in [6, 6.07) is 10.1. The normalized spacial score (nSPS) is 11.2. The number of aliphatic carboxylic acids is 1. The summed E-state index contributed by atoms with van der Waals surface area (Å²) in [7, 11) is 3.93. The molecule has 0 saturated carbocycles. The first-order valence-electron chi connectivity index (χ1n) is 7.98. The van der Waals surface area contributed by atoms with Crippen molar-refractivity contribution in [2.75, 3.05) is 26.0 Å². The van der Waals surface area contributed by atoms with Crippen molar-refractivity contribution in [2.24, 2.45) is 0 Å². The van der Waals surface area contributed by atoms with Gasteiger partial charge in [0.1, 0.15) is 16.5 Å². The van der Waals surface area contributed by atoms with E-state index in [1.54, 1.807) is 11.3 Å². The lowest BCUT2D eigenvalue weighted by Gasteiger charge is -2.12. The third kappa shape index (κ3) is 4.12. The molecule has 7 heteroatoms. The molecular weight excluding hydrogens is 336 g/mol. The van der Waals surface area contributed by atoms with Gasteiger partial charge >= 0.3 is 5.97 Å². The number of thiophene rings is 1. The van der Waals surface area contributed by atoms with Crippen LogP contribution in [0.1, 0.15) is 12.2 Å². The van der Waals surface area contributed by atoms with Gasteiger partial charge in [0, 0.05) is 17.5 Å². The Morgan fingerprint density at radius 2 is 2.00 bits per heavy atom. The molecule has 0 bridgehead atoms. The zero-order valence-electron chi connectivity index (χ0n) is 14.2. The lowest BCUT2D eigenvalue weighted by molar-refractivity contribution is -0.136.